The molecule has 3 aromatic rings. The lowest BCUT2D eigenvalue weighted by molar-refractivity contribution is 0.102. The molecule has 0 saturated carbocycles. The summed E-state index contributed by atoms with van der Waals surface area (Å²) in [5, 5.41) is 13.3. The number of benzene rings is 2. The molecular formula is C17H9F2N3OS. The zero-order valence-corrected chi connectivity index (χ0v) is 12.9. The quantitative estimate of drug-likeness (QED) is 0.776. The molecule has 0 aliphatic heterocycles. The van der Waals surface area contributed by atoms with E-state index in [0.717, 1.165) is 17.7 Å². The first-order valence-electron chi connectivity index (χ1n) is 6.79. The van der Waals surface area contributed by atoms with Crippen molar-refractivity contribution in [1.82, 2.24) is 4.98 Å². The lowest BCUT2D eigenvalue weighted by Crippen LogP contribution is -2.13. The van der Waals surface area contributed by atoms with Crippen LogP contribution >= 0.6 is 11.3 Å². The molecule has 1 heterocycles. The number of amides is 1. The predicted molar refractivity (Wildman–Crippen MR) is 86.6 cm³/mol. The Balaban J connectivity index is 1.78. The van der Waals surface area contributed by atoms with E-state index in [9.17, 15) is 13.6 Å². The lowest BCUT2D eigenvalue weighted by atomic mass is 10.1. The summed E-state index contributed by atoms with van der Waals surface area (Å²) in [5.41, 5.74) is 1.69. The molecule has 1 aromatic heterocycles. The highest BCUT2D eigenvalue weighted by atomic mass is 32.1. The maximum atomic E-state index is 13.6. The summed E-state index contributed by atoms with van der Waals surface area (Å²) in [7, 11) is 0. The first-order chi connectivity index (χ1) is 11.6. The van der Waals surface area contributed by atoms with Crippen LogP contribution in [-0.2, 0) is 0 Å². The molecule has 0 unspecified atom stereocenters. The molecule has 1 amide bonds. The number of carbonyl (C=O) groups excluding carboxylic acids is 1. The molecule has 0 spiro atoms. The number of hydrogen-bond acceptors (Lipinski definition) is 4. The molecule has 0 aliphatic carbocycles. The summed E-state index contributed by atoms with van der Waals surface area (Å²) in [6.45, 7) is 0. The highest BCUT2D eigenvalue weighted by molar-refractivity contribution is 7.14. The highest BCUT2D eigenvalue weighted by Crippen LogP contribution is 2.25. The number of rotatable bonds is 3. The molecule has 118 valence electrons. The van der Waals surface area contributed by atoms with Crippen LogP contribution < -0.4 is 5.32 Å². The van der Waals surface area contributed by atoms with Gasteiger partial charge in [0.25, 0.3) is 5.91 Å². The Morgan fingerprint density at radius 3 is 2.58 bits per heavy atom. The van der Waals surface area contributed by atoms with Gasteiger partial charge in [-0.3, -0.25) is 10.1 Å². The van der Waals surface area contributed by atoms with E-state index >= 15 is 0 Å². The standard InChI is InChI=1S/C17H9F2N3OS/c18-12-5-6-13(14(19)7-12)16(23)22-17-21-15(9-24-17)11-3-1-10(8-20)2-4-11/h1-7,9H,(H,21,22,23). The van der Waals surface area contributed by atoms with Crippen LogP contribution in [0.2, 0.25) is 0 Å². The van der Waals surface area contributed by atoms with Crippen LogP contribution in [0.1, 0.15) is 15.9 Å². The minimum atomic E-state index is -0.934. The van der Waals surface area contributed by atoms with Crippen LogP contribution in [0.3, 0.4) is 0 Å². The molecule has 0 aliphatic rings. The molecule has 1 N–H and O–H groups in total. The van der Waals surface area contributed by atoms with Crippen molar-refractivity contribution in [3.63, 3.8) is 0 Å². The number of thiazole rings is 1. The number of halogens is 2. The fraction of sp³-hybridized carbons (Fsp3) is 0. The van der Waals surface area contributed by atoms with Gasteiger partial charge in [-0.2, -0.15) is 5.26 Å². The number of nitrogens with zero attached hydrogens (tertiary/aromatic N) is 2. The molecule has 0 radical (unpaired) electrons. The second-order valence-corrected chi connectivity index (χ2v) is 5.66. The number of nitrogens with one attached hydrogen (secondary N) is 1. The second kappa shape index (κ2) is 6.56. The molecule has 0 saturated heterocycles. The first kappa shape index (κ1) is 15.8. The van der Waals surface area contributed by atoms with Crippen LogP contribution in [-0.4, -0.2) is 10.9 Å². The fourth-order valence-corrected chi connectivity index (χ4v) is 2.73. The van der Waals surface area contributed by atoms with Gasteiger partial charge in [0.05, 0.1) is 22.9 Å². The highest BCUT2D eigenvalue weighted by Gasteiger charge is 2.14. The third-order valence-corrected chi connectivity index (χ3v) is 3.97. The van der Waals surface area contributed by atoms with E-state index in [1.165, 1.54) is 11.3 Å². The van der Waals surface area contributed by atoms with Gasteiger partial charge < -0.3 is 0 Å². The Morgan fingerprint density at radius 1 is 1.17 bits per heavy atom. The van der Waals surface area contributed by atoms with Crippen LogP contribution in [0.15, 0.2) is 47.8 Å². The molecule has 0 fully saturated rings. The Kier molecular flexibility index (Phi) is 4.31. The van der Waals surface area contributed by atoms with Gasteiger partial charge in [-0.25, -0.2) is 13.8 Å². The van der Waals surface area contributed by atoms with E-state index < -0.39 is 17.5 Å². The molecule has 7 heteroatoms. The van der Waals surface area contributed by atoms with Crippen molar-refractivity contribution in [2.75, 3.05) is 5.32 Å². The molecule has 4 nitrogen and oxygen atoms in total. The number of hydrogen-bond donors (Lipinski definition) is 1. The number of aromatic nitrogens is 1. The van der Waals surface area contributed by atoms with E-state index in [1.54, 1.807) is 29.6 Å². The molecule has 0 atom stereocenters. The van der Waals surface area contributed by atoms with Gasteiger partial charge in [-0.15, -0.1) is 11.3 Å². The van der Waals surface area contributed by atoms with Crippen molar-refractivity contribution < 1.29 is 13.6 Å². The average Bonchev–Trinajstić information content (AvgIpc) is 3.03. The first-order valence-corrected chi connectivity index (χ1v) is 7.67. The number of carbonyl (C=O) groups is 1. The van der Waals surface area contributed by atoms with Crippen molar-refractivity contribution in [2.24, 2.45) is 0 Å². The smallest absolute Gasteiger partial charge is 0.260 e. The molecular weight excluding hydrogens is 332 g/mol. The summed E-state index contributed by atoms with van der Waals surface area (Å²) in [5.74, 6) is -2.38. The normalized spacial score (nSPS) is 10.2. The Hall–Kier alpha value is -3.11. The van der Waals surface area contributed by atoms with E-state index in [1.807, 2.05) is 6.07 Å². The van der Waals surface area contributed by atoms with E-state index in [2.05, 4.69) is 10.3 Å². The Labute approximate surface area is 140 Å². The van der Waals surface area contributed by atoms with Crippen LogP contribution in [0, 0.1) is 23.0 Å². The number of anilines is 1. The van der Waals surface area contributed by atoms with Crippen LogP contribution in [0.4, 0.5) is 13.9 Å². The summed E-state index contributed by atoms with van der Waals surface area (Å²) >= 11 is 1.18. The molecule has 2 aromatic carbocycles. The average molecular weight is 341 g/mol. The fourth-order valence-electron chi connectivity index (χ4n) is 2.02. The third-order valence-electron chi connectivity index (χ3n) is 3.21. The van der Waals surface area contributed by atoms with E-state index in [4.69, 9.17) is 5.26 Å². The van der Waals surface area contributed by atoms with Crippen LogP contribution in [0.25, 0.3) is 11.3 Å². The zero-order valence-electron chi connectivity index (χ0n) is 12.1. The van der Waals surface area contributed by atoms with Crippen molar-refractivity contribution >= 4 is 22.4 Å². The SMILES string of the molecule is N#Cc1ccc(-c2csc(NC(=O)c3ccc(F)cc3F)n2)cc1. The topological polar surface area (TPSA) is 65.8 Å². The number of nitriles is 1. The van der Waals surface area contributed by atoms with E-state index in [-0.39, 0.29) is 5.56 Å². The van der Waals surface area contributed by atoms with Crippen molar-refractivity contribution in [3.8, 4) is 17.3 Å². The Morgan fingerprint density at radius 2 is 1.92 bits per heavy atom. The van der Waals surface area contributed by atoms with Gasteiger partial charge in [0.15, 0.2) is 5.13 Å². The van der Waals surface area contributed by atoms with E-state index in [0.29, 0.717) is 22.5 Å². The Bertz CT molecular complexity index is 945. The summed E-state index contributed by atoms with van der Waals surface area (Å²) in [6, 6.07) is 11.6. The molecule has 3 rings (SSSR count). The van der Waals surface area contributed by atoms with Crippen molar-refractivity contribution in [1.29, 1.82) is 5.26 Å². The summed E-state index contributed by atoms with van der Waals surface area (Å²) in [6.07, 6.45) is 0. The van der Waals surface area contributed by atoms with Crippen molar-refractivity contribution in [2.45, 2.75) is 0 Å². The third kappa shape index (κ3) is 3.29. The van der Waals surface area contributed by atoms with Gasteiger partial charge in [-0.05, 0) is 24.3 Å². The predicted octanol–water partition coefficient (Wildman–Crippen LogP) is 4.21. The minimum absolute atomic E-state index is 0.258. The molecule has 0 bridgehead atoms. The molecule has 24 heavy (non-hydrogen) atoms. The summed E-state index contributed by atoms with van der Waals surface area (Å²) < 4.78 is 26.5. The van der Waals surface area contributed by atoms with Gasteiger partial charge in [0.2, 0.25) is 0 Å². The largest absolute Gasteiger partial charge is 0.298 e. The maximum Gasteiger partial charge on any atom is 0.260 e. The maximum absolute atomic E-state index is 13.6. The van der Waals surface area contributed by atoms with Gasteiger partial charge in [0, 0.05) is 17.0 Å². The lowest BCUT2D eigenvalue weighted by Gasteiger charge is -2.03. The van der Waals surface area contributed by atoms with Gasteiger partial charge >= 0.3 is 0 Å². The zero-order chi connectivity index (χ0) is 17.1. The van der Waals surface area contributed by atoms with Gasteiger partial charge in [0.1, 0.15) is 11.6 Å². The van der Waals surface area contributed by atoms with Crippen LogP contribution in [0.5, 0.6) is 0 Å². The van der Waals surface area contributed by atoms with Crippen molar-refractivity contribution in [3.05, 3.63) is 70.6 Å². The minimum Gasteiger partial charge on any atom is -0.298 e. The summed E-state index contributed by atoms with van der Waals surface area (Å²) in [4.78, 5) is 16.3. The monoisotopic (exact) mass is 341 g/mol. The van der Waals surface area contributed by atoms with Gasteiger partial charge in [-0.1, -0.05) is 12.1 Å². The second-order valence-electron chi connectivity index (χ2n) is 4.81.